The minimum atomic E-state index is 1.31. The topological polar surface area (TPSA) is 0 Å². The van der Waals surface area contributed by atoms with Crippen LogP contribution in [0, 0.1) is 13.8 Å². The summed E-state index contributed by atoms with van der Waals surface area (Å²) in [5, 5.41) is 19.2. The second-order valence-electron chi connectivity index (χ2n) is 9.45. The monoisotopic (exact) mass is 404 g/mol. The molecular weight excluding hydrogens is 384 g/mol. The van der Waals surface area contributed by atoms with Crippen molar-refractivity contribution >= 4 is 75.4 Å². The van der Waals surface area contributed by atoms with Gasteiger partial charge in [0, 0.05) is 0 Å². The van der Waals surface area contributed by atoms with Crippen LogP contribution in [0.2, 0.25) is 0 Å². The van der Waals surface area contributed by atoms with Crippen molar-refractivity contribution in [1.29, 1.82) is 0 Å². The molecule has 0 saturated heterocycles. The van der Waals surface area contributed by atoms with Gasteiger partial charge >= 0.3 is 0 Å². The van der Waals surface area contributed by atoms with Crippen molar-refractivity contribution in [3.63, 3.8) is 0 Å². The fourth-order valence-electron chi connectivity index (χ4n) is 6.20. The molecule has 0 N–H and O–H groups in total. The average molecular weight is 405 g/mol. The van der Waals surface area contributed by atoms with Crippen LogP contribution in [0.15, 0.2) is 84.9 Å². The summed E-state index contributed by atoms with van der Waals surface area (Å²) in [5.41, 5.74) is 2.74. The maximum atomic E-state index is 2.44. The van der Waals surface area contributed by atoms with Gasteiger partial charge in [0.15, 0.2) is 0 Å². The minimum Gasteiger partial charge on any atom is -0.0616 e. The zero-order valence-corrected chi connectivity index (χ0v) is 18.1. The zero-order chi connectivity index (χ0) is 21.1. The van der Waals surface area contributed by atoms with Crippen LogP contribution < -0.4 is 0 Å². The summed E-state index contributed by atoms with van der Waals surface area (Å²) in [5.74, 6) is 0. The summed E-state index contributed by atoms with van der Waals surface area (Å²) in [6.45, 7) is 4.47. The van der Waals surface area contributed by atoms with Gasteiger partial charge in [0.05, 0.1) is 0 Å². The van der Waals surface area contributed by atoms with Crippen molar-refractivity contribution in [2.75, 3.05) is 0 Å². The third-order valence-corrected chi connectivity index (χ3v) is 7.87. The Labute approximate surface area is 185 Å². The van der Waals surface area contributed by atoms with Gasteiger partial charge in [-0.25, -0.2) is 0 Å². The van der Waals surface area contributed by atoms with Crippen molar-refractivity contribution in [2.24, 2.45) is 0 Å². The van der Waals surface area contributed by atoms with Crippen LogP contribution in [0.25, 0.3) is 75.4 Å². The lowest BCUT2D eigenvalue weighted by Crippen LogP contribution is -1.92. The Morgan fingerprint density at radius 1 is 0.375 bits per heavy atom. The molecule has 0 heterocycles. The first-order chi connectivity index (χ1) is 15.7. The molecule has 0 saturated carbocycles. The number of hydrogen-bond donors (Lipinski definition) is 0. The summed E-state index contributed by atoms with van der Waals surface area (Å²) in [6, 6.07) is 32.3. The highest BCUT2D eigenvalue weighted by molar-refractivity contribution is 6.40. The van der Waals surface area contributed by atoms with Crippen molar-refractivity contribution < 1.29 is 0 Å². The quantitative estimate of drug-likeness (QED) is 0.174. The molecule has 0 atom stereocenters. The molecule has 0 aliphatic rings. The molecule has 32 heavy (non-hydrogen) atoms. The van der Waals surface area contributed by atoms with Crippen LogP contribution in [-0.2, 0) is 0 Å². The molecule has 0 radical (unpaired) electrons. The van der Waals surface area contributed by atoms with Crippen LogP contribution in [0.5, 0.6) is 0 Å². The lowest BCUT2D eigenvalue weighted by molar-refractivity contribution is 1.38. The molecule has 0 fully saturated rings. The second-order valence-corrected chi connectivity index (χ2v) is 9.45. The number of fused-ring (bicyclic) bond motifs is 4. The number of rotatable bonds is 0. The van der Waals surface area contributed by atoms with Crippen molar-refractivity contribution in [3.8, 4) is 0 Å². The molecular formula is C32H20. The molecule has 0 aliphatic carbocycles. The molecule has 0 aromatic heterocycles. The summed E-state index contributed by atoms with van der Waals surface area (Å²) in [6.07, 6.45) is 0. The first kappa shape index (κ1) is 16.8. The molecule has 148 valence electrons. The Kier molecular flexibility index (Phi) is 2.86. The Hall–Kier alpha value is -3.90. The van der Waals surface area contributed by atoms with Gasteiger partial charge in [-0.05, 0) is 125 Å². The van der Waals surface area contributed by atoms with Crippen LogP contribution >= 0.6 is 0 Å². The largest absolute Gasteiger partial charge is 0.0616 e. The van der Waals surface area contributed by atoms with E-state index in [1.54, 1.807) is 0 Å². The van der Waals surface area contributed by atoms with Crippen molar-refractivity contribution in [2.45, 2.75) is 13.8 Å². The average Bonchev–Trinajstić information content (AvgIpc) is 2.83. The predicted molar refractivity (Wildman–Crippen MR) is 141 cm³/mol. The van der Waals surface area contributed by atoms with Crippen LogP contribution in [0.1, 0.15) is 11.1 Å². The first-order valence-electron chi connectivity index (χ1n) is 11.4. The third-order valence-electron chi connectivity index (χ3n) is 7.87. The Morgan fingerprint density at radius 2 is 0.938 bits per heavy atom. The highest BCUT2D eigenvalue weighted by Crippen LogP contribution is 2.47. The van der Waals surface area contributed by atoms with E-state index in [-0.39, 0.29) is 0 Å². The normalized spacial score (nSPS) is 12.7. The Bertz CT molecular complexity index is 2040. The van der Waals surface area contributed by atoms with E-state index in [0.29, 0.717) is 0 Å². The molecule has 0 unspecified atom stereocenters. The summed E-state index contributed by atoms with van der Waals surface area (Å²) >= 11 is 0. The molecule has 0 spiro atoms. The smallest absolute Gasteiger partial charge is 0.00139 e. The van der Waals surface area contributed by atoms with E-state index in [9.17, 15) is 0 Å². The predicted octanol–water partition coefficient (Wildman–Crippen LogP) is 9.25. The molecule has 0 bridgehead atoms. The van der Waals surface area contributed by atoms with E-state index in [1.807, 2.05) is 0 Å². The zero-order valence-electron chi connectivity index (χ0n) is 18.1. The molecule has 0 heteroatoms. The van der Waals surface area contributed by atoms with Gasteiger partial charge in [0.2, 0.25) is 0 Å². The van der Waals surface area contributed by atoms with Gasteiger partial charge in [-0.2, -0.15) is 0 Å². The molecule has 0 nitrogen and oxygen atoms in total. The van der Waals surface area contributed by atoms with Gasteiger partial charge in [-0.3, -0.25) is 0 Å². The van der Waals surface area contributed by atoms with E-state index < -0.39 is 0 Å². The highest BCUT2D eigenvalue weighted by Gasteiger charge is 2.18. The van der Waals surface area contributed by atoms with E-state index in [0.717, 1.165) is 0 Å². The standard InChI is InChI=1S/C32H20/c1-17-7-12-25-26(18(17)2)14-21-9-11-22-15-27-24-6-4-3-5-19(24)13-20-8-10-23-16-28(25)30(21)32(22)31(23)29(20)27/h3-16H,1-2H3. The van der Waals surface area contributed by atoms with Gasteiger partial charge in [0.25, 0.3) is 0 Å². The number of hydrogen-bond acceptors (Lipinski definition) is 0. The van der Waals surface area contributed by atoms with Crippen LogP contribution in [0.4, 0.5) is 0 Å². The summed E-state index contributed by atoms with van der Waals surface area (Å²) in [4.78, 5) is 0. The summed E-state index contributed by atoms with van der Waals surface area (Å²) < 4.78 is 0. The van der Waals surface area contributed by atoms with Gasteiger partial charge in [-0.15, -0.1) is 0 Å². The van der Waals surface area contributed by atoms with E-state index in [1.165, 1.54) is 86.5 Å². The van der Waals surface area contributed by atoms with Gasteiger partial charge < -0.3 is 0 Å². The minimum absolute atomic E-state index is 1.31. The fraction of sp³-hybridized carbons (Fsp3) is 0.0625. The highest BCUT2D eigenvalue weighted by atomic mass is 14.2. The molecule has 8 rings (SSSR count). The molecule has 0 aliphatic heterocycles. The first-order valence-corrected chi connectivity index (χ1v) is 11.4. The van der Waals surface area contributed by atoms with Crippen LogP contribution in [0.3, 0.4) is 0 Å². The molecule has 8 aromatic rings. The maximum Gasteiger partial charge on any atom is -0.00139 e. The Balaban J connectivity index is 1.73. The summed E-state index contributed by atoms with van der Waals surface area (Å²) in [7, 11) is 0. The molecule has 8 aromatic carbocycles. The van der Waals surface area contributed by atoms with E-state index in [4.69, 9.17) is 0 Å². The van der Waals surface area contributed by atoms with Crippen molar-refractivity contribution in [3.05, 3.63) is 96.1 Å². The number of aryl methyl sites for hydroxylation is 2. The van der Waals surface area contributed by atoms with E-state index in [2.05, 4.69) is 98.8 Å². The number of benzene rings is 8. The van der Waals surface area contributed by atoms with Crippen molar-refractivity contribution in [1.82, 2.24) is 0 Å². The fourth-order valence-corrected chi connectivity index (χ4v) is 6.20. The van der Waals surface area contributed by atoms with Crippen LogP contribution in [-0.4, -0.2) is 0 Å². The third kappa shape index (κ3) is 1.86. The van der Waals surface area contributed by atoms with Gasteiger partial charge in [0.1, 0.15) is 0 Å². The second kappa shape index (κ2) is 5.47. The lowest BCUT2D eigenvalue weighted by Gasteiger charge is -2.19. The Morgan fingerprint density at radius 3 is 1.66 bits per heavy atom. The SMILES string of the molecule is Cc1ccc2c(cc3ccc4cc5c6ccccc6cc6ccc7cc2c3c4c7c65)c1C. The van der Waals surface area contributed by atoms with Gasteiger partial charge in [-0.1, -0.05) is 60.7 Å². The maximum absolute atomic E-state index is 2.44. The lowest BCUT2D eigenvalue weighted by atomic mass is 9.83. The molecule has 0 amide bonds. The van der Waals surface area contributed by atoms with E-state index >= 15 is 0 Å².